The van der Waals surface area contributed by atoms with E-state index in [2.05, 4.69) is 63.3 Å². The predicted molar refractivity (Wildman–Crippen MR) is 157 cm³/mol. The molecule has 194 valence electrons. The number of aromatic nitrogens is 2. The Morgan fingerprint density at radius 1 is 1.03 bits per heavy atom. The van der Waals surface area contributed by atoms with E-state index in [4.69, 9.17) is 4.98 Å². The van der Waals surface area contributed by atoms with E-state index in [1.54, 1.807) is 19.5 Å². The normalized spacial score (nSPS) is 17.4. The molecule has 5 rings (SSSR count). The van der Waals surface area contributed by atoms with E-state index in [9.17, 15) is 4.57 Å². The average Bonchev–Trinajstić information content (AvgIpc) is 2.84. The van der Waals surface area contributed by atoms with E-state index in [0.717, 1.165) is 40.9 Å². The van der Waals surface area contributed by atoms with Gasteiger partial charge in [0, 0.05) is 54.6 Å². The maximum absolute atomic E-state index is 12.9. The second-order valence-corrected chi connectivity index (χ2v) is 14.2. The third kappa shape index (κ3) is 5.58. The molecule has 3 heterocycles. The fourth-order valence-corrected chi connectivity index (χ4v) is 6.72. The van der Waals surface area contributed by atoms with Crippen LogP contribution in [-0.4, -0.2) is 61.4 Å². The summed E-state index contributed by atoms with van der Waals surface area (Å²) in [5.74, 6) is 1.12. The van der Waals surface area contributed by atoms with Gasteiger partial charge in [-0.15, -0.1) is 0 Å². The standard InChI is InChI=1S/C29H37N6OP/c1-21(2)24-18-30-28(33-27(24)32-25-8-6-7-9-26(25)37(4,5)36)31-22-10-12-23(13-11-22)35-16-14-29(15-17-35)19-34(3)20-29/h6-13,18H,1,14-17,19-20H2,2-5H3,(H2,30,31,32,33). The summed E-state index contributed by atoms with van der Waals surface area (Å²) in [6, 6.07) is 16.2. The fourth-order valence-electron chi connectivity index (χ4n) is 5.57. The maximum Gasteiger partial charge on any atom is 0.229 e. The van der Waals surface area contributed by atoms with Crippen molar-refractivity contribution in [3.05, 3.63) is 66.9 Å². The summed E-state index contributed by atoms with van der Waals surface area (Å²) >= 11 is 0. The number of benzene rings is 2. The van der Waals surface area contributed by atoms with Crippen LogP contribution in [-0.2, 0) is 4.57 Å². The Balaban J connectivity index is 1.31. The SMILES string of the molecule is C=C(C)c1cnc(Nc2ccc(N3CCC4(CC3)CN(C)C4)cc2)nc1Nc1ccccc1P(C)(C)=O. The number of nitrogens with one attached hydrogen (secondary N) is 2. The molecule has 0 atom stereocenters. The molecule has 1 aromatic heterocycles. The maximum atomic E-state index is 12.9. The number of piperidine rings is 1. The number of likely N-dealkylation sites (tertiary alicyclic amines) is 1. The van der Waals surface area contributed by atoms with E-state index in [1.807, 2.05) is 31.2 Å². The van der Waals surface area contributed by atoms with Crippen molar-refractivity contribution in [1.82, 2.24) is 14.9 Å². The lowest BCUT2D eigenvalue weighted by atomic mass is 9.72. The van der Waals surface area contributed by atoms with Gasteiger partial charge in [0.2, 0.25) is 5.95 Å². The molecular weight excluding hydrogens is 479 g/mol. The molecule has 2 fully saturated rings. The summed E-state index contributed by atoms with van der Waals surface area (Å²) in [4.78, 5) is 14.2. The molecule has 2 aromatic carbocycles. The van der Waals surface area contributed by atoms with E-state index >= 15 is 0 Å². The quantitative estimate of drug-likeness (QED) is 0.386. The zero-order valence-corrected chi connectivity index (χ0v) is 23.2. The summed E-state index contributed by atoms with van der Waals surface area (Å²) in [7, 11) is -0.260. The molecule has 0 radical (unpaired) electrons. The van der Waals surface area contributed by atoms with E-state index < -0.39 is 7.14 Å². The van der Waals surface area contributed by atoms with Crippen LogP contribution in [0.4, 0.5) is 28.8 Å². The van der Waals surface area contributed by atoms with Crippen LogP contribution in [0.5, 0.6) is 0 Å². The molecule has 0 amide bonds. The highest BCUT2D eigenvalue weighted by atomic mass is 31.2. The Morgan fingerprint density at radius 3 is 2.32 bits per heavy atom. The highest BCUT2D eigenvalue weighted by molar-refractivity contribution is 7.70. The molecule has 3 aromatic rings. The lowest BCUT2D eigenvalue weighted by Gasteiger charge is -2.53. The number of para-hydroxylation sites is 1. The van der Waals surface area contributed by atoms with Gasteiger partial charge in [-0.3, -0.25) is 0 Å². The lowest BCUT2D eigenvalue weighted by Crippen LogP contribution is -2.58. The smallest absolute Gasteiger partial charge is 0.229 e. The van der Waals surface area contributed by atoms with Crippen LogP contribution < -0.4 is 20.8 Å². The van der Waals surface area contributed by atoms with Gasteiger partial charge in [-0.2, -0.15) is 4.98 Å². The van der Waals surface area contributed by atoms with E-state index in [-0.39, 0.29) is 0 Å². The highest BCUT2D eigenvalue weighted by Gasteiger charge is 2.43. The Bertz CT molecular complexity index is 1330. The van der Waals surface area contributed by atoms with Crippen LogP contribution in [0.15, 0.2) is 61.3 Å². The van der Waals surface area contributed by atoms with Crippen molar-refractivity contribution in [1.29, 1.82) is 0 Å². The molecule has 0 bridgehead atoms. The Labute approximate surface area is 220 Å². The van der Waals surface area contributed by atoms with Gasteiger partial charge in [0.15, 0.2) is 0 Å². The molecule has 0 aliphatic carbocycles. The summed E-state index contributed by atoms with van der Waals surface area (Å²) < 4.78 is 12.9. The minimum atomic E-state index is -2.47. The molecule has 0 unspecified atom stereocenters. The average molecular weight is 517 g/mol. The largest absolute Gasteiger partial charge is 0.371 e. The van der Waals surface area contributed by atoms with Crippen molar-refractivity contribution in [2.45, 2.75) is 19.8 Å². The molecule has 2 saturated heterocycles. The predicted octanol–water partition coefficient (Wildman–Crippen LogP) is 5.78. The highest BCUT2D eigenvalue weighted by Crippen LogP contribution is 2.41. The molecule has 7 nitrogen and oxygen atoms in total. The number of anilines is 5. The van der Waals surface area contributed by atoms with Crippen LogP contribution in [0, 0.1) is 5.41 Å². The van der Waals surface area contributed by atoms with Gasteiger partial charge in [-0.05, 0) is 87.5 Å². The Morgan fingerprint density at radius 2 is 1.70 bits per heavy atom. The van der Waals surface area contributed by atoms with Gasteiger partial charge < -0.3 is 25.0 Å². The Hall–Kier alpha value is -3.15. The zero-order chi connectivity index (χ0) is 26.2. The van der Waals surface area contributed by atoms with Crippen LogP contribution in [0.1, 0.15) is 25.3 Å². The topological polar surface area (TPSA) is 73.4 Å². The lowest BCUT2D eigenvalue weighted by molar-refractivity contribution is 0.00132. The van der Waals surface area contributed by atoms with Gasteiger partial charge >= 0.3 is 0 Å². The third-order valence-corrected chi connectivity index (χ3v) is 9.06. The minimum Gasteiger partial charge on any atom is -0.371 e. The summed E-state index contributed by atoms with van der Waals surface area (Å²) in [5, 5.41) is 7.52. The summed E-state index contributed by atoms with van der Waals surface area (Å²) in [5.41, 5.74) is 5.19. The van der Waals surface area contributed by atoms with Crippen molar-refractivity contribution in [3.63, 3.8) is 0 Å². The van der Waals surface area contributed by atoms with Crippen molar-refractivity contribution < 1.29 is 4.57 Å². The van der Waals surface area contributed by atoms with Crippen molar-refractivity contribution in [2.75, 3.05) is 62.1 Å². The molecule has 8 heteroatoms. The first kappa shape index (κ1) is 25.5. The molecule has 37 heavy (non-hydrogen) atoms. The van der Waals surface area contributed by atoms with Gasteiger partial charge in [0.1, 0.15) is 13.0 Å². The first-order valence-corrected chi connectivity index (χ1v) is 15.5. The molecular formula is C29H37N6OP. The van der Waals surface area contributed by atoms with Gasteiger partial charge in [-0.1, -0.05) is 18.7 Å². The minimum absolute atomic E-state index is 0.489. The van der Waals surface area contributed by atoms with Crippen molar-refractivity contribution in [3.8, 4) is 0 Å². The van der Waals surface area contributed by atoms with E-state index in [0.29, 0.717) is 17.2 Å². The van der Waals surface area contributed by atoms with Gasteiger partial charge in [0.25, 0.3) is 0 Å². The monoisotopic (exact) mass is 516 g/mol. The number of allylic oxidation sites excluding steroid dienone is 1. The first-order chi connectivity index (χ1) is 17.6. The Kier molecular flexibility index (Phi) is 6.86. The molecule has 2 aliphatic heterocycles. The van der Waals surface area contributed by atoms with Crippen LogP contribution in [0.25, 0.3) is 5.57 Å². The molecule has 2 N–H and O–H groups in total. The number of nitrogens with zero attached hydrogens (tertiary/aromatic N) is 4. The van der Waals surface area contributed by atoms with E-state index in [1.165, 1.54) is 31.6 Å². The van der Waals surface area contributed by atoms with Gasteiger partial charge in [0.05, 0.1) is 5.69 Å². The summed E-state index contributed by atoms with van der Waals surface area (Å²) in [6.07, 6.45) is 4.31. The zero-order valence-electron chi connectivity index (χ0n) is 22.3. The van der Waals surface area contributed by atoms with Crippen LogP contribution in [0.3, 0.4) is 0 Å². The van der Waals surface area contributed by atoms with Crippen molar-refractivity contribution >= 4 is 46.8 Å². The fraction of sp³-hybridized carbons (Fsp3) is 0.379. The molecule has 1 spiro atoms. The number of hydrogen-bond acceptors (Lipinski definition) is 7. The second kappa shape index (κ2) is 9.96. The third-order valence-electron chi connectivity index (χ3n) is 7.51. The second-order valence-electron chi connectivity index (χ2n) is 11.1. The van der Waals surface area contributed by atoms with Crippen molar-refractivity contribution in [2.24, 2.45) is 5.41 Å². The number of rotatable bonds is 7. The first-order valence-electron chi connectivity index (χ1n) is 12.9. The molecule has 2 aliphatic rings. The number of hydrogen-bond donors (Lipinski definition) is 2. The molecule has 0 saturated carbocycles. The van der Waals surface area contributed by atoms with Crippen LogP contribution in [0.2, 0.25) is 0 Å². The van der Waals surface area contributed by atoms with Crippen LogP contribution >= 0.6 is 7.14 Å². The van der Waals surface area contributed by atoms with Gasteiger partial charge in [-0.25, -0.2) is 4.98 Å². The summed E-state index contributed by atoms with van der Waals surface area (Å²) in [6.45, 7) is 14.3.